The molecule has 5 heteroatoms. The number of esters is 1. The lowest BCUT2D eigenvalue weighted by molar-refractivity contribution is -0.131. The second-order valence-electron chi connectivity index (χ2n) is 5.97. The summed E-state index contributed by atoms with van der Waals surface area (Å²) < 4.78 is 11.3. The molecule has 5 nitrogen and oxygen atoms in total. The standard InChI is InChI=1S/C19H24O5/c1-2-13-23-16-8-10-17(11-9-16)24-19(22)15-6-3-14(4-7-15)5-12-18(20)21/h3-7,12,16-17H,2,8-11,13H2,1H3,(H,20,21). The van der Waals surface area contributed by atoms with Gasteiger partial charge >= 0.3 is 11.9 Å². The van der Waals surface area contributed by atoms with Crippen molar-refractivity contribution in [2.75, 3.05) is 6.61 Å². The van der Waals surface area contributed by atoms with Crippen LogP contribution < -0.4 is 0 Å². The molecule has 2 rings (SSSR count). The molecule has 0 aromatic heterocycles. The van der Waals surface area contributed by atoms with Crippen LogP contribution in [0.2, 0.25) is 0 Å². The monoisotopic (exact) mass is 332 g/mol. The highest BCUT2D eigenvalue weighted by molar-refractivity contribution is 5.90. The lowest BCUT2D eigenvalue weighted by Gasteiger charge is -2.28. The van der Waals surface area contributed by atoms with Crippen LogP contribution in [0, 0.1) is 0 Å². The van der Waals surface area contributed by atoms with E-state index in [2.05, 4.69) is 6.92 Å². The number of aliphatic carboxylic acids is 1. The lowest BCUT2D eigenvalue weighted by Crippen LogP contribution is -2.28. The van der Waals surface area contributed by atoms with Crippen LogP contribution in [-0.4, -0.2) is 35.9 Å². The van der Waals surface area contributed by atoms with Crippen LogP contribution in [0.5, 0.6) is 0 Å². The molecule has 1 aliphatic carbocycles. The molecule has 1 N–H and O–H groups in total. The maximum Gasteiger partial charge on any atom is 0.338 e. The summed E-state index contributed by atoms with van der Waals surface area (Å²) in [5.41, 5.74) is 1.20. The predicted octanol–water partition coefficient (Wildman–Crippen LogP) is 3.68. The number of carbonyl (C=O) groups excluding carboxylic acids is 1. The van der Waals surface area contributed by atoms with Crippen LogP contribution in [0.15, 0.2) is 30.3 Å². The maximum absolute atomic E-state index is 12.2. The highest BCUT2D eigenvalue weighted by atomic mass is 16.5. The summed E-state index contributed by atoms with van der Waals surface area (Å²) in [5.74, 6) is -1.33. The Hall–Kier alpha value is -2.14. The van der Waals surface area contributed by atoms with Crippen LogP contribution >= 0.6 is 0 Å². The molecule has 1 saturated carbocycles. The van der Waals surface area contributed by atoms with Crippen molar-refractivity contribution in [3.05, 3.63) is 41.5 Å². The first-order valence-corrected chi connectivity index (χ1v) is 8.42. The number of carboxylic acids is 1. The number of hydrogen-bond donors (Lipinski definition) is 1. The zero-order chi connectivity index (χ0) is 17.4. The third-order valence-electron chi connectivity index (χ3n) is 4.02. The number of carbonyl (C=O) groups is 2. The Labute approximate surface area is 142 Å². The van der Waals surface area contributed by atoms with Crippen molar-refractivity contribution >= 4 is 18.0 Å². The topological polar surface area (TPSA) is 72.8 Å². The number of benzene rings is 1. The lowest BCUT2D eigenvalue weighted by atomic mass is 9.95. The van der Waals surface area contributed by atoms with E-state index in [4.69, 9.17) is 14.6 Å². The SMILES string of the molecule is CCCOC1CCC(OC(=O)c2ccc(C=CC(=O)O)cc2)CC1. The van der Waals surface area contributed by atoms with Crippen LogP contribution in [0.1, 0.15) is 54.9 Å². The average molecular weight is 332 g/mol. The van der Waals surface area contributed by atoms with E-state index in [9.17, 15) is 9.59 Å². The fourth-order valence-corrected chi connectivity index (χ4v) is 2.72. The van der Waals surface area contributed by atoms with Crippen molar-refractivity contribution in [3.63, 3.8) is 0 Å². The van der Waals surface area contributed by atoms with Gasteiger partial charge in [-0.2, -0.15) is 0 Å². The predicted molar refractivity (Wildman–Crippen MR) is 90.8 cm³/mol. The first-order chi connectivity index (χ1) is 11.6. The van der Waals surface area contributed by atoms with Gasteiger partial charge in [-0.1, -0.05) is 19.1 Å². The normalized spacial score (nSPS) is 20.9. The van der Waals surface area contributed by atoms with Gasteiger partial charge in [0.1, 0.15) is 6.10 Å². The van der Waals surface area contributed by atoms with Crippen molar-refractivity contribution in [1.29, 1.82) is 0 Å². The molecule has 0 bridgehead atoms. The number of rotatable bonds is 7. The molecule has 0 radical (unpaired) electrons. The largest absolute Gasteiger partial charge is 0.478 e. The highest BCUT2D eigenvalue weighted by Crippen LogP contribution is 2.24. The molecule has 0 heterocycles. The molecule has 0 unspecified atom stereocenters. The van der Waals surface area contributed by atoms with Gasteiger partial charge in [0.2, 0.25) is 0 Å². The Morgan fingerprint density at radius 2 is 1.75 bits per heavy atom. The highest BCUT2D eigenvalue weighted by Gasteiger charge is 2.24. The van der Waals surface area contributed by atoms with Crippen molar-refractivity contribution in [2.45, 2.75) is 51.2 Å². The fraction of sp³-hybridized carbons (Fsp3) is 0.474. The Balaban J connectivity index is 1.81. The third-order valence-corrected chi connectivity index (χ3v) is 4.02. The second-order valence-corrected chi connectivity index (χ2v) is 5.97. The smallest absolute Gasteiger partial charge is 0.338 e. The van der Waals surface area contributed by atoms with Gasteiger partial charge in [-0.3, -0.25) is 0 Å². The molecule has 130 valence electrons. The van der Waals surface area contributed by atoms with Crippen LogP contribution in [0.4, 0.5) is 0 Å². The molecule has 1 aromatic rings. The van der Waals surface area contributed by atoms with E-state index in [0.29, 0.717) is 11.7 Å². The minimum atomic E-state index is -1.00. The molecule has 1 fully saturated rings. The quantitative estimate of drug-likeness (QED) is 0.609. The molecular weight excluding hydrogens is 308 g/mol. The summed E-state index contributed by atoms with van der Waals surface area (Å²) >= 11 is 0. The van der Waals surface area contributed by atoms with Crippen LogP contribution in [0.25, 0.3) is 6.08 Å². The average Bonchev–Trinajstić information content (AvgIpc) is 2.59. The number of hydrogen-bond acceptors (Lipinski definition) is 4. The van der Waals surface area contributed by atoms with Gasteiger partial charge in [0.05, 0.1) is 11.7 Å². The third kappa shape index (κ3) is 5.81. The minimum Gasteiger partial charge on any atom is -0.478 e. The van der Waals surface area contributed by atoms with Crippen molar-refractivity contribution in [2.24, 2.45) is 0 Å². The molecule has 1 aliphatic rings. The van der Waals surface area contributed by atoms with Gasteiger partial charge < -0.3 is 14.6 Å². The van der Waals surface area contributed by atoms with Gasteiger partial charge in [0.25, 0.3) is 0 Å². The molecular formula is C19H24O5. The van der Waals surface area contributed by atoms with Crippen molar-refractivity contribution in [3.8, 4) is 0 Å². The van der Waals surface area contributed by atoms with Gasteiger partial charge in [-0.15, -0.1) is 0 Å². The Kier molecular flexibility index (Phi) is 7.00. The summed E-state index contributed by atoms with van der Waals surface area (Å²) in [5, 5.41) is 8.60. The summed E-state index contributed by atoms with van der Waals surface area (Å²) in [7, 11) is 0. The Morgan fingerprint density at radius 3 is 2.33 bits per heavy atom. The van der Waals surface area contributed by atoms with Gasteiger partial charge in [0, 0.05) is 12.7 Å². The zero-order valence-electron chi connectivity index (χ0n) is 13.9. The molecule has 1 aromatic carbocycles. The summed E-state index contributed by atoms with van der Waals surface area (Å²) in [4.78, 5) is 22.7. The van der Waals surface area contributed by atoms with E-state index in [1.807, 2.05) is 0 Å². The second kappa shape index (κ2) is 9.23. The molecule has 24 heavy (non-hydrogen) atoms. The fourth-order valence-electron chi connectivity index (χ4n) is 2.72. The number of ether oxygens (including phenoxy) is 2. The summed E-state index contributed by atoms with van der Waals surface area (Å²) in [6.45, 7) is 2.88. The Bertz CT molecular complexity index is 568. The van der Waals surface area contributed by atoms with E-state index in [1.165, 1.54) is 6.08 Å². The maximum atomic E-state index is 12.2. The van der Waals surface area contributed by atoms with Crippen molar-refractivity contribution in [1.82, 2.24) is 0 Å². The van der Waals surface area contributed by atoms with E-state index in [1.54, 1.807) is 24.3 Å². The van der Waals surface area contributed by atoms with E-state index in [0.717, 1.165) is 50.4 Å². The van der Waals surface area contributed by atoms with Gasteiger partial charge in [-0.05, 0) is 55.9 Å². The minimum absolute atomic E-state index is 0.0504. The van der Waals surface area contributed by atoms with Gasteiger partial charge in [-0.25, -0.2) is 9.59 Å². The first kappa shape index (κ1) is 18.2. The molecule has 0 spiro atoms. The Morgan fingerprint density at radius 1 is 1.12 bits per heavy atom. The number of carboxylic acid groups (broad SMARTS) is 1. The molecule has 0 aliphatic heterocycles. The first-order valence-electron chi connectivity index (χ1n) is 8.42. The summed E-state index contributed by atoms with van der Waals surface area (Å²) in [6.07, 6.45) is 7.33. The summed E-state index contributed by atoms with van der Waals surface area (Å²) in [6, 6.07) is 6.71. The van der Waals surface area contributed by atoms with Crippen LogP contribution in [-0.2, 0) is 14.3 Å². The van der Waals surface area contributed by atoms with Gasteiger partial charge in [0.15, 0.2) is 0 Å². The molecule has 0 saturated heterocycles. The zero-order valence-corrected chi connectivity index (χ0v) is 13.9. The van der Waals surface area contributed by atoms with E-state index in [-0.39, 0.29) is 12.1 Å². The van der Waals surface area contributed by atoms with Crippen LogP contribution in [0.3, 0.4) is 0 Å². The van der Waals surface area contributed by atoms with E-state index >= 15 is 0 Å². The van der Waals surface area contributed by atoms with E-state index < -0.39 is 5.97 Å². The molecule has 0 atom stereocenters. The van der Waals surface area contributed by atoms with Crippen molar-refractivity contribution < 1.29 is 24.2 Å². The molecule has 0 amide bonds.